The minimum absolute atomic E-state index is 0.000141. The number of methoxy groups -OCH3 is 2. The summed E-state index contributed by atoms with van der Waals surface area (Å²) < 4.78 is 38.8. The third-order valence-electron chi connectivity index (χ3n) is 4.68. The monoisotopic (exact) mass is 599 g/mol. The molecule has 0 aliphatic heterocycles. The number of rotatable bonds is 9. The number of halogens is 3. The van der Waals surface area contributed by atoms with Crippen LogP contribution in [-0.4, -0.2) is 41.3 Å². The minimum Gasteiger partial charge on any atom is -0.493 e. The lowest BCUT2D eigenvalue weighted by Gasteiger charge is -2.24. The minimum atomic E-state index is -4.15. The number of ether oxygens (including phenoxy) is 2. The van der Waals surface area contributed by atoms with Crippen molar-refractivity contribution in [1.82, 2.24) is 5.43 Å². The van der Waals surface area contributed by atoms with Crippen LogP contribution in [-0.2, 0) is 14.8 Å². The van der Waals surface area contributed by atoms with Gasteiger partial charge in [-0.2, -0.15) is 5.10 Å². The second kappa shape index (κ2) is 11.8. The molecule has 0 aromatic heterocycles. The summed E-state index contributed by atoms with van der Waals surface area (Å²) in [4.78, 5) is 12.7. The number of hydrogen-bond donors (Lipinski definition) is 1. The highest BCUT2D eigenvalue weighted by Gasteiger charge is 2.29. The summed E-state index contributed by atoms with van der Waals surface area (Å²) in [5.74, 6) is 0.274. The van der Waals surface area contributed by atoms with E-state index in [4.69, 9.17) is 32.7 Å². The van der Waals surface area contributed by atoms with Crippen molar-refractivity contribution >= 4 is 67.0 Å². The van der Waals surface area contributed by atoms with Crippen LogP contribution in [0.15, 0.2) is 75.1 Å². The number of benzene rings is 3. The van der Waals surface area contributed by atoms with E-state index in [0.29, 0.717) is 21.5 Å². The molecule has 3 aromatic carbocycles. The number of sulfonamides is 1. The van der Waals surface area contributed by atoms with E-state index in [-0.39, 0.29) is 20.6 Å². The standard InChI is InChI=1S/C23H20BrCl2N3O5S/c1-33-20-12-15(11-17(24)23(20)34-2)13-27-28-21(30)14-29(19-10-6-9-18(25)22(19)26)35(31,32)16-7-4-3-5-8-16/h3-13H,14H2,1-2H3,(H,28,30)/b27-13-. The Labute approximate surface area is 221 Å². The predicted octanol–water partition coefficient (Wildman–Crippen LogP) is 5.12. The third-order valence-corrected chi connectivity index (χ3v) is 7.85. The molecule has 0 heterocycles. The lowest BCUT2D eigenvalue weighted by atomic mass is 10.2. The third kappa shape index (κ3) is 6.26. The van der Waals surface area contributed by atoms with E-state index in [2.05, 4.69) is 26.5 Å². The number of carbonyl (C=O) groups is 1. The largest absolute Gasteiger partial charge is 0.493 e. The average molecular weight is 601 g/mol. The Bertz CT molecular complexity index is 1350. The molecule has 0 aliphatic carbocycles. The van der Waals surface area contributed by atoms with Crippen molar-refractivity contribution in [1.29, 1.82) is 0 Å². The van der Waals surface area contributed by atoms with Crippen LogP contribution in [0.3, 0.4) is 0 Å². The highest BCUT2D eigenvalue weighted by molar-refractivity contribution is 9.10. The number of hydrazone groups is 1. The zero-order chi connectivity index (χ0) is 25.6. The Morgan fingerprint density at radius 1 is 1.09 bits per heavy atom. The van der Waals surface area contributed by atoms with Crippen LogP contribution in [0.2, 0.25) is 10.0 Å². The van der Waals surface area contributed by atoms with E-state index in [1.54, 1.807) is 36.4 Å². The normalized spacial score (nSPS) is 11.3. The van der Waals surface area contributed by atoms with Crippen molar-refractivity contribution in [3.05, 3.63) is 80.7 Å². The fourth-order valence-corrected chi connectivity index (χ4v) is 5.58. The molecule has 0 unspecified atom stereocenters. The van der Waals surface area contributed by atoms with E-state index in [9.17, 15) is 13.2 Å². The van der Waals surface area contributed by atoms with E-state index >= 15 is 0 Å². The SMILES string of the molecule is COc1cc(/C=N\NC(=O)CN(c2cccc(Cl)c2Cl)S(=O)(=O)c2ccccc2)cc(Br)c1OC. The molecule has 1 N–H and O–H groups in total. The summed E-state index contributed by atoms with van der Waals surface area (Å²) in [6.07, 6.45) is 1.38. The Kier molecular flexibility index (Phi) is 9.01. The molecule has 12 heteroatoms. The van der Waals surface area contributed by atoms with Crippen molar-refractivity contribution in [3.8, 4) is 11.5 Å². The van der Waals surface area contributed by atoms with Crippen LogP contribution in [0.25, 0.3) is 0 Å². The highest BCUT2D eigenvalue weighted by atomic mass is 79.9. The Morgan fingerprint density at radius 2 is 1.80 bits per heavy atom. The van der Waals surface area contributed by atoms with Crippen molar-refractivity contribution in [2.75, 3.05) is 25.1 Å². The van der Waals surface area contributed by atoms with E-state index < -0.39 is 22.5 Å². The van der Waals surface area contributed by atoms with Gasteiger partial charge in [-0.05, 0) is 57.9 Å². The predicted molar refractivity (Wildman–Crippen MR) is 140 cm³/mol. The summed E-state index contributed by atoms with van der Waals surface area (Å²) >= 11 is 15.8. The molecule has 35 heavy (non-hydrogen) atoms. The maximum atomic E-state index is 13.4. The van der Waals surface area contributed by atoms with Gasteiger partial charge >= 0.3 is 0 Å². The summed E-state index contributed by atoms with van der Waals surface area (Å²) in [6, 6.07) is 15.6. The maximum absolute atomic E-state index is 13.4. The molecule has 3 aromatic rings. The van der Waals surface area contributed by atoms with Gasteiger partial charge in [-0.25, -0.2) is 13.8 Å². The molecule has 0 fully saturated rings. The van der Waals surface area contributed by atoms with Gasteiger partial charge in [0.15, 0.2) is 11.5 Å². The first kappa shape index (κ1) is 26.8. The first-order chi connectivity index (χ1) is 16.7. The summed E-state index contributed by atoms with van der Waals surface area (Å²) in [5.41, 5.74) is 3.00. The summed E-state index contributed by atoms with van der Waals surface area (Å²) in [7, 11) is -1.14. The van der Waals surface area contributed by atoms with Crippen LogP contribution in [0.1, 0.15) is 5.56 Å². The topological polar surface area (TPSA) is 97.3 Å². The second-order valence-electron chi connectivity index (χ2n) is 6.93. The first-order valence-corrected chi connectivity index (χ1v) is 12.9. The van der Waals surface area contributed by atoms with Gasteiger partial charge in [-0.3, -0.25) is 9.10 Å². The molecule has 1 amide bonds. The first-order valence-electron chi connectivity index (χ1n) is 9.94. The molecule has 0 saturated carbocycles. The average Bonchev–Trinajstić information content (AvgIpc) is 2.84. The van der Waals surface area contributed by atoms with Crippen molar-refractivity contribution in [3.63, 3.8) is 0 Å². The number of nitrogens with one attached hydrogen (secondary N) is 1. The quantitative estimate of drug-likeness (QED) is 0.272. The maximum Gasteiger partial charge on any atom is 0.264 e. The zero-order valence-corrected chi connectivity index (χ0v) is 22.5. The molecule has 0 radical (unpaired) electrons. The molecule has 0 bridgehead atoms. The van der Waals surface area contributed by atoms with Gasteiger partial charge in [0.2, 0.25) is 0 Å². The fourth-order valence-electron chi connectivity index (χ4n) is 3.06. The molecular formula is C23H20BrCl2N3O5S. The van der Waals surface area contributed by atoms with Gasteiger partial charge in [0.25, 0.3) is 15.9 Å². The molecule has 0 saturated heterocycles. The summed E-state index contributed by atoms with van der Waals surface area (Å²) in [5, 5.41) is 4.08. The van der Waals surface area contributed by atoms with E-state index in [1.165, 1.54) is 44.7 Å². The number of nitrogens with zero attached hydrogens (tertiary/aromatic N) is 2. The number of carbonyl (C=O) groups excluding carboxylic acids is 1. The van der Waals surface area contributed by atoms with E-state index in [1.807, 2.05) is 0 Å². The van der Waals surface area contributed by atoms with Crippen LogP contribution in [0.5, 0.6) is 11.5 Å². The molecule has 8 nitrogen and oxygen atoms in total. The number of anilines is 1. The van der Waals surface area contributed by atoms with Crippen LogP contribution < -0.4 is 19.2 Å². The molecule has 0 atom stereocenters. The lowest BCUT2D eigenvalue weighted by Crippen LogP contribution is -2.39. The Balaban J connectivity index is 1.87. The van der Waals surface area contributed by atoms with Gasteiger partial charge in [0.05, 0.1) is 45.5 Å². The van der Waals surface area contributed by atoms with Gasteiger partial charge in [-0.15, -0.1) is 0 Å². The van der Waals surface area contributed by atoms with Crippen molar-refractivity contribution < 1.29 is 22.7 Å². The van der Waals surface area contributed by atoms with Gasteiger partial charge in [0, 0.05) is 0 Å². The van der Waals surface area contributed by atoms with Gasteiger partial charge in [0.1, 0.15) is 6.54 Å². The van der Waals surface area contributed by atoms with Crippen LogP contribution in [0.4, 0.5) is 5.69 Å². The van der Waals surface area contributed by atoms with Crippen molar-refractivity contribution in [2.24, 2.45) is 5.10 Å². The smallest absolute Gasteiger partial charge is 0.264 e. The Hall–Kier alpha value is -2.79. The Morgan fingerprint density at radius 3 is 2.46 bits per heavy atom. The second-order valence-corrected chi connectivity index (χ2v) is 10.4. The fraction of sp³-hybridized carbons (Fsp3) is 0.130. The molecular weight excluding hydrogens is 581 g/mol. The van der Waals surface area contributed by atoms with Crippen LogP contribution >= 0.6 is 39.1 Å². The van der Waals surface area contributed by atoms with Gasteiger partial charge in [-0.1, -0.05) is 47.5 Å². The molecule has 3 rings (SSSR count). The lowest BCUT2D eigenvalue weighted by molar-refractivity contribution is -0.119. The summed E-state index contributed by atoms with van der Waals surface area (Å²) in [6.45, 7) is -0.593. The van der Waals surface area contributed by atoms with Crippen molar-refractivity contribution in [2.45, 2.75) is 4.90 Å². The molecule has 0 aliphatic rings. The molecule has 0 spiro atoms. The van der Waals surface area contributed by atoms with Gasteiger partial charge < -0.3 is 9.47 Å². The highest BCUT2D eigenvalue weighted by Crippen LogP contribution is 2.36. The van der Waals surface area contributed by atoms with E-state index in [0.717, 1.165) is 4.31 Å². The number of hydrogen-bond acceptors (Lipinski definition) is 6. The van der Waals surface area contributed by atoms with Crippen LogP contribution in [0, 0.1) is 0 Å². The molecule has 184 valence electrons. The number of amides is 1. The zero-order valence-electron chi connectivity index (χ0n) is 18.5.